The topological polar surface area (TPSA) is 32.7 Å². The van der Waals surface area contributed by atoms with E-state index >= 15 is 0 Å². The third-order valence-electron chi connectivity index (χ3n) is 2.20. The lowest BCUT2D eigenvalue weighted by molar-refractivity contribution is 0.278. The predicted octanol–water partition coefficient (Wildman–Crippen LogP) is 2.32. The van der Waals surface area contributed by atoms with Gasteiger partial charge in [-0.3, -0.25) is 5.01 Å². The fourth-order valence-electron chi connectivity index (χ4n) is 1.49. The van der Waals surface area contributed by atoms with Gasteiger partial charge in [0.1, 0.15) is 0 Å². The van der Waals surface area contributed by atoms with Crippen LogP contribution in [0.25, 0.3) is 0 Å². The molecule has 64 valence electrons. The van der Waals surface area contributed by atoms with Gasteiger partial charge >= 0.3 is 0 Å². The minimum Gasteiger partial charge on any atom is -0.261 e. The zero-order valence-electron chi connectivity index (χ0n) is 6.96. The standard InChI is InChI=1S/C8H16N2O/c11-9-10-7-5-3-1-2-4-6-8-10/h1-8H2. The Morgan fingerprint density at radius 1 is 0.818 bits per heavy atom. The van der Waals surface area contributed by atoms with Gasteiger partial charge in [0.15, 0.2) is 0 Å². The first-order chi connectivity index (χ1) is 5.43. The van der Waals surface area contributed by atoms with E-state index in [2.05, 4.69) is 5.29 Å². The van der Waals surface area contributed by atoms with Crippen molar-refractivity contribution in [3.63, 3.8) is 0 Å². The van der Waals surface area contributed by atoms with Crippen LogP contribution in [0.5, 0.6) is 0 Å². The molecule has 1 aliphatic heterocycles. The van der Waals surface area contributed by atoms with Crippen LogP contribution in [0.2, 0.25) is 0 Å². The number of hydrogen-bond acceptors (Lipinski definition) is 2. The molecule has 1 rings (SSSR count). The normalized spacial score (nSPS) is 21.6. The van der Waals surface area contributed by atoms with Crippen LogP contribution in [0.15, 0.2) is 5.29 Å². The minimum atomic E-state index is 0.865. The molecule has 0 aliphatic carbocycles. The van der Waals surface area contributed by atoms with Gasteiger partial charge in [0.25, 0.3) is 0 Å². The Bertz CT molecular complexity index is 107. The molecule has 1 fully saturated rings. The maximum atomic E-state index is 10.2. The number of rotatable bonds is 1. The summed E-state index contributed by atoms with van der Waals surface area (Å²) in [5.41, 5.74) is 0. The molecule has 3 heteroatoms. The van der Waals surface area contributed by atoms with Gasteiger partial charge in [-0.15, -0.1) is 4.91 Å². The quantitative estimate of drug-likeness (QED) is 0.546. The smallest absolute Gasteiger partial charge is 0.0523 e. The highest BCUT2D eigenvalue weighted by Gasteiger charge is 2.04. The van der Waals surface area contributed by atoms with E-state index in [1.54, 1.807) is 5.01 Å². The highest BCUT2D eigenvalue weighted by molar-refractivity contribution is 4.57. The van der Waals surface area contributed by atoms with E-state index in [-0.39, 0.29) is 0 Å². The lowest BCUT2D eigenvalue weighted by Gasteiger charge is -2.12. The van der Waals surface area contributed by atoms with Gasteiger partial charge in [-0.05, 0) is 12.8 Å². The number of nitrogens with zero attached hydrogens (tertiary/aromatic N) is 2. The van der Waals surface area contributed by atoms with Crippen LogP contribution in [-0.2, 0) is 0 Å². The fraction of sp³-hybridized carbons (Fsp3) is 1.00. The zero-order valence-corrected chi connectivity index (χ0v) is 6.96. The molecule has 0 radical (unpaired) electrons. The average molecular weight is 156 g/mol. The lowest BCUT2D eigenvalue weighted by atomic mass is 10.1. The van der Waals surface area contributed by atoms with Crippen molar-refractivity contribution in [2.75, 3.05) is 13.1 Å². The summed E-state index contributed by atoms with van der Waals surface area (Å²) in [6, 6.07) is 0. The molecule has 0 aromatic carbocycles. The average Bonchev–Trinajstić information content (AvgIpc) is 2.16. The van der Waals surface area contributed by atoms with Crippen LogP contribution in [0.3, 0.4) is 0 Å². The molecule has 1 aliphatic rings. The van der Waals surface area contributed by atoms with Crippen molar-refractivity contribution in [3.8, 4) is 0 Å². The Morgan fingerprint density at radius 2 is 1.27 bits per heavy atom. The summed E-state index contributed by atoms with van der Waals surface area (Å²) in [4.78, 5) is 10.2. The molecule has 1 saturated heterocycles. The van der Waals surface area contributed by atoms with Gasteiger partial charge in [0, 0.05) is 13.1 Å². The number of nitroso groups, excluding NO2 is 1. The summed E-state index contributed by atoms with van der Waals surface area (Å²) in [5.74, 6) is 0. The SMILES string of the molecule is O=NN1CCCCCCCC1. The molecule has 0 unspecified atom stereocenters. The minimum absolute atomic E-state index is 0.865. The molecule has 0 saturated carbocycles. The van der Waals surface area contributed by atoms with Crippen LogP contribution in [0.1, 0.15) is 38.5 Å². The van der Waals surface area contributed by atoms with Gasteiger partial charge < -0.3 is 0 Å². The second-order valence-corrected chi connectivity index (χ2v) is 3.16. The lowest BCUT2D eigenvalue weighted by Crippen LogP contribution is -2.18. The van der Waals surface area contributed by atoms with E-state index in [0.29, 0.717) is 0 Å². The summed E-state index contributed by atoms with van der Waals surface area (Å²) < 4.78 is 0. The Labute approximate surface area is 67.7 Å². The molecule has 0 atom stereocenters. The van der Waals surface area contributed by atoms with E-state index in [1.165, 1.54) is 25.7 Å². The van der Waals surface area contributed by atoms with Crippen LogP contribution >= 0.6 is 0 Å². The number of hydrogen-bond donors (Lipinski definition) is 0. The van der Waals surface area contributed by atoms with Crippen molar-refractivity contribution >= 4 is 0 Å². The maximum Gasteiger partial charge on any atom is 0.0523 e. The van der Waals surface area contributed by atoms with Gasteiger partial charge in [-0.2, -0.15) is 0 Å². The third kappa shape index (κ3) is 3.35. The highest BCUT2D eigenvalue weighted by Crippen LogP contribution is 2.10. The zero-order chi connectivity index (χ0) is 7.94. The van der Waals surface area contributed by atoms with Crippen LogP contribution in [-0.4, -0.2) is 18.1 Å². The summed E-state index contributed by atoms with van der Waals surface area (Å²) >= 11 is 0. The summed E-state index contributed by atoms with van der Waals surface area (Å²) in [5, 5.41) is 4.63. The predicted molar refractivity (Wildman–Crippen MR) is 45.1 cm³/mol. The molecule has 0 aromatic heterocycles. The van der Waals surface area contributed by atoms with E-state index in [0.717, 1.165) is 25.9 Å². The second kappa shape index (κ2) is 5.10. The largest absolute Gasteiger partial charge is 0.261 e. The Hall–Kier alpha value is -0.600. The molecule has 1 heterocycles. The molecule has 0 spiro atoms. The molecule has 3 nitrogen and oxygen atoms in total. The Balaban J connectivity index is 2.24. The second-order valence-electron chi connectivity index (χ2n) is 3.16. The molecule has 0 bridgehead atoms. The van der Waals surface area contributed by atoms with Crippen molar-refractivity contribution in [3.05, 3.63) is 4.91 Å². The molecule has 11 heavy (non-hydrogen) atoms. The highest BCUT2D eigenvalue weighted by atomic mass is 16.3. The summed E-state index contributed by atoms with van der Waals surface area (Å²) in [6.07, 6.45) is 7.43. The van der Waals surface area contributed by atoms with E-state index < -0.39 is 0 Å². The monoisotopic (exact) mass is 156 g/mol. The Morgan fingerprint density at radius 3 is 1.73 bits per heavy atom. The van der Waals surface area contributed by atoms with Gasteiger partial charge in [-0.25, -0.2) is 0 Å². The van der Waals surface area contributed by atoms with Crippen molar-refractivity contribution in [2.45, 2.75) is 38.5 Å². The van der Waals surface area contributed by atoms with E-state index in [9.17, 15) is 4.91 Å². The molecule has 0 amide bonds. The van der Waals surface area contributed by atoms with Gasteiger partial charge in [0.2, 0.25) is 0 Å². The van der Waals surface area contributed by atoms with Crippen molar-refractivity contribution in [1.82, 2.24) is 5.01 Å². The molecule has 0 N–H and O–H groups in total. The van der Waals surface area contributed by atoms with Crippen molar-refractivity contribution < 1.29 is 0 Å². The first-order valence-corrected chi connectivity index (χ1v) is 4.52. The van der Waals surface area contributed by atoms with Crippen LogP contribution in [0.4, 0.5) is 0 Å². The van der Waals surface area contributed by atoms with Crippen molar-refractivity contribution in [1.29, 1.82) is 0 Å². The summed E-state index contributed by atoms with van der Waals surface area (Å²) in [7, 11) is 0. The Kier molecular flexibility index (Phi) is 3.94. The first-order valence-electron chi connectivity index (χ1n) is 4.52. The van der Waals surface area contributed by atoms with Crippen LogP contribution in [0, 0.1) is 4.91 Å². The third-order valence-corrected chi connectivity index (χ3v) is 2.20. The van der Waals surface area contributed by atoms with E-state index in [4.69, 9.17) is 0 Å². The first kappa shape index (κ1) is 8.50. The van der Waals surface area contributed by atoms with Crippen LogP contribution < -0.4 is 0 Å². The maximum absolute atomic E-state index is 10.2. The summed E-state index contributed by atoms with van der Waals surface area (Å²) in [6.45, 7) is 1.73. The molecule has 0 aromatic rings. The van der Waals surface area contributed by atoms with Gasteiger partial charge in [0.05, 0.1) is 5.29 Å². The molecular weight excluding hydrogens is 140 g/mol. The van der Waals surface area contributed by atoms with E-state index in [1.807, 2.05) is 0 Å². The fourth-order valence-corrected chi connectivity index (χ4v) is 1.49. The van der Waals surface area contributed by atoms with Crippen molar-refractivity contribution in [2.24, 2.45) is 5.29 Å². The molecular formula is C8H16N2O. The van der Waals surface area contributed by atoms with Gasteiger partial charge in [-0.1, -0.05) is 25.7 Å².